The Balaban J connectivity index is 2.13. The van der Waals surface area contributed by atoms with Crippen molar-refractivity contribution in [2.24, 2.45) is 0 Å². The zero-order chi connectivity index (χ0) is 14.5. The summed E-state index contributed by atoms with van der Waals surface area (Å²) in [7, 11) is 3.72. The van der Waals surface area contributed by atoms with Gasteiger partial charge in [0.1, 0.15) is 6.61 Å². The van der Waals surface area contributed by atoms with Gasteiger partial charge in [-0.15, -0.1) is 0 Å². The molecule has 110 valence electrons. The highest BCUT2D eigenvalue weighted by Crippen LogP contribution is 2.32. The summed E-state index contributed by atoms with van der Waals surface area (Å²) in [6.07, 6.45) is 3.63. The Bertz CT molecular complexity index is 473. The van der Waals surface area contributed by atoms with Crippen LogP contribution in [-0.4, -0.2) is 44.0 Å². The maximum atomic E-state index is 11.7. The highest BCUT2D eigenvalue weighted by atomic mass is 16.5. The van der Waals surface area contributed by atoms with Crippen LogP contribution in [0.15, 0.2) is 18.2 Å². The number of para-hydroxylation sites is 1. The molecule has 1 atom stereocenters. The number of carbonyl (C=O) groups is 1. The van der Waals surface area contributed by atoms with Crippen molar-refractivity contribution in [2.45, 2.75) is 32.2 Å². The number of methoxy groups -OCH3 is 1. The summed E-state index contributed by atoms with van der Waals surface area (Å²) in [6, 6.07) is 5.83. The molecule has 1 unspecified atom stereocenters. The average Bonchev–Trinajstić information content (AvgIpc) is 2.46. The Labute approximate surface area is 120 Å². The first-order valence-corrected chi connectivity index (χ1v) is 7.14. The minimum absolute atomic E-state index is 0.00380. The van der Waals surface area contributed by atoms with E-state index in [9.17, 15) is 4.79 Å². The zero-order valence-corrected chi connectivity index (χ0v) is 12.5. The number of likely N-dealkylation sites (tertiary alicyclic amines) is 1. The van der Waals surface area contributed by atoms with Crippen LogP contribution in [0.25, 0.3) is 0 Å². The molecule has 0 saturated carbocycles. The Kier molecular flexibility index (Phi) is 5.01. The van der Waals surface area contributed by atoms with Crippen molar-refractivity contribution < 1.29 is 14.3 Å². The van der Waals surface area contributed by atoms with E-state index in [1.807, 2.05) is 12.1 Å². The number of piperidine rings is 1. The molecule has 0 amide bonds. The van der Waals surface area contributed by atoms with Gasteiger partial charge in [0.15, 0.2) is 17.3 Å². The summed E-state index contributed by atoms with van der Waals surface area (Å²) in [5.74, 6) is 1.19. The van der Waals surface area contributed by atoms with E-state index >= 15 is 0 Å². The molecule has 1 aliphatic heterocycles. The third-order valence-corrected chi connectivity index (χ3v) is 3.92. The molecule has 1 saturated heterocycles. The molecular weight excluding hydrogens is 254 g/mol. The summed E-state index contributed by atoms with van der Waals surface area (Å²) in [5, 5.41) is 0. The lowest BCUT2D eigenvalue weighted by Crippen LogP contribution is -2.40. The SMILES string of the molecule is COc1cccc(C(C)=O)c1OCC1CCCCN1C. The van der Waals surface area contributed by atoms with Crippen molar-refractivity contribution >= 4 is 5.78 Å². The van der Waals surface area contributed by atoms with E-state index in [0.717, 1.165) is 13.0 Å². The lowest BCUT2D eigenvalue weighted by atomic mass is 10.0. The first kappa shape index (κ1) is 14.9. The van der Waals surface area contributed by atoms with E-state index in [-0.39, 0.29) is 5.78 Å². The highest BCUT2D eigenvalue weighted by Gasteiger charge is 2.21. The average molecular weight is 277 g/mol. The smallest absolute Gasteiger partial charge is 0.171 e. The topological polar surface area (TPSA) is 38.8 Å². The van der Waals surface area contributed by atoms with Crippen molar-refractivity contribution in [3.05, 3.63) is 23.8 Å². The molecule has 0 radical (unpaired) electrons. The lowest BCUT2D eigenvalue weighted by Gasteiger charge is -2.32. The van der Waals surface area contributed by atoms with Crippen LogP contribution < -0.4 is 9.47 Å². The number of rotatable bonds is 5. The summed E-state index contributed by atoms with van der Waals surface area (Å²) < 4.78 is 11.3. The monoisotopic (exact) mass is 277 g/mol. The van der Waals surface area contributed by atoms with E-state index < -0.39 is 0 Å². The first-order valence-electron chi connectivity index (χ1n) is 7.14. The fraction of sp³-hybridized carbons (Fsp3) is 0.562. The van der Waals surface area contributed by atoms with Crippen LogP contribution in [0.2, 0.25) is 0 Å². The summed E-state index contributed by atoms with van der Waals surface area (Å²) in [5.41, 5.74) is 0.586. The lowest BCUT2D eigenvalue weighted by molar-refractivity contribution is 0.0997. The number of likely N-dealkylation sites (N-methyl/N-ethyl adjacent to an activating group) is 1. The minimum Gasteiger partial charge on any atom is -0.493 e. The number of ether oxygens (including phenoxy) is 2. The normalized spacial score (nSPS) is 19.6. The van der Waals surface area contributed by atoms with Gasteiger partial charge in [-0.1, -0.05) is 12.5 Å². The van der Waals surface area contributed by atoms with Crippen LogP contribution in [-0.2, 0) is 0 Å². The maximum Gasteiger partial charge on any atom is 0.171 e. The van der Waals surface area contributed by atoms with Gasteiger partial charge in [0.05, 0.1) is 12.7 Å². The maximum absolute atomic E-state index is 11.7. The second-order valence-electron chi connectivity index (χ2n) is 5.33. The van der Waals surface area contributed by atoms with Crippen LogP contribution in [0.5, 0.6) is 11.5 Å². The number of ketones is 1. The number of benzene rings is 1. The van der Waals surface area contributed by atoms with Gasteiger partial charge in [0.25, 0.3) is 0 Å². The van der Waals surface area contributed by atoms with Gasteiger partial charge in [-0.3, -0.25) is 4.79 Å². The number of Topliss-reactive ketones (excluding diaryl/α,β-unsaturated/α-hetero) is 1. The van der Waals surface area contributed by atoms with Crippen LogP contribution in [0.1, 0.15) is 36.5 Å². The molecule has 0 aromatic heterocycles. The van der Waals surface area contributed by atoms with Crippen LogP contribution in [0, 0.1) is 0 Å². The molecule has 0 bridgehead atoms. The van der Waals surface area contributed by atoms with E-state index in [2.05, 4.69) is 11.9 Å². The minimum atomic E-state index is -0.00380. The van der Waals surface area contributed by atoms with E-state index in [1.165, 1.54) is 12.8 Å². The van der Waals surface area contributed by atoms with Crippen molar-refractivity contribution in [3.63, 3.8) is 0 Å². The molecule has 0 aliphatic carbocycles. The molecule has 1 aromatic carbocycles. The predicted octanol–water partition coefficient (Wildman–Crippen LogP) is 2.76. The molecule has 2 rings (SSSR count). The molecule has 4 heteroatoms. The van der Waals surface area contributed by atoms with Crippen molar-refractivity contribution in [3.8, 4) is 11.5 Å². The molecule has 1 aromatic rings. The van der Waals surface area contributed by atoms with Gasteiger partial charge >= 0.3 is 0 Å². The molecule has 0 spiro atoms. The number of carbonyl (C=O) groups excluding carboxylic acids is 1. The van der Waals surface area contributed by atoms with Crippen LogP contribution in [0.4, 0.5) is 0 Å². The van der Waals surface area contributed by atoms with Crippen LogP contribution >= 0.6 is 0 Å². The summed E-state index contributed by atoms with van der Waals surface area (Å²) in [6.45, 7) is 3.25. The number of nitrogens with zero attached hydrogens (tertiary/aromatic N) is 1. The molecular formula is C16H23NO3. The van der Waals surface area contributed by atoms with Gasteiger partial charge in [0.2, 0.25) is 0 Å². The molecule has 0 N–H and O–H groups in total. The first-order chi connectivity index (χ1) is 9.63. The predicted molar refractivity (Wildman–Crippen MR) is 78.8 cm³/mol. The van der Waals surface area contributed by atoms with E-state index in [1.54, 1.807) is 20.1 Å². The summed E-state index contributed by atoms with van der Waals surface area (Å²) in [4.78, 5) is 14.0. The summed E-state index contributed by atoms with van der Waals surface area (Å²) >= 11 is 0. The Morgan fingerprint density at radius 1 is 1.40 bits per heavy atom. The third kappa shape index (κ3) is 3.31. The Hall–Kier alpha value is -1.55. The van der Waals surface area contributed by atoms with Gasteiger partial charge in [-0.05, 0) is 45.5 Å². The largest absolute Gasteiger partial charge is 0.493 e. The highest BCUT2D eigenvalue weighted by molar-refractivity contribution is 5.97. The van der Waals surface area contributed by atoms with Gasteiger partial charge in [-0.2, -0.15) is 0 Å². The van der Waals surface area contributed by atoms with E-state index in [0.29, 0.717) is 29.7 Å². The Morgan fingerprint density at radius 2 is 2.20 bits per heavy atom. The molecule has 1 heterocycles. The number of hydrogen-bond acceptors (Lipinski definition) is 4. The van der Waals surface area contributed by atoms with Gasteiger partial charge in [-0.25, -0.2) is 0 Å². The molecule has 20 heavy (non-hydrogen) atoms. The molecule has 1 fully saturated rings. The fourth-order valence-electron chi connectivity index (χ4n) is 2.64. The standard InChI is InChI=1S/C16H23NO3/c1-12(18)14-8-6-9-15(19-3)16(14)20-11-13-7-4-5-10-17(13)2/h6,8-9,13H,4-5,7,10-11H2,1-3H3. The van der Waals surface area contributed by atoms with Gasteiger partial charge in [0, 0.05) is 6.04 Å². The third-order valence-electron chi connectivity index (χ3n) is 3.92. The zero-order valence-electron chi connectivity index (χ0n) is 12.5. The van der Waals surface area contributed by atoms with Crippen molar-refractivity contribution in [2.75, 3.05) is 27.3 Å². The quantitative estimate of drug-likeness (QED) is 0.776. The fourth-order valence-corrected chi connectivity index (χ4v) is 2.64. The van der Waals surface area contributed by atoms with Crippen molar-refractivity contribution in [1.29, 1.82) is 0 Å². The van der Waals surface area contributed by atoms with Gasteiger partial charge < -0.3 is 14.4 Å². The molecule has 4 nitrogen and oxygen atoms in total. The van der Waals surface area contributed by atoms with E-state index in [4.69, 9.17) is 9.47 Å². The second-order valence-corrected chi connectivity index (χ2v) is 5.33. The van der Waals surface area contributed by atoms with Crippen molar-refractivity contribution in [1.82, 2.24) is 4.90 Å². The van der Waals surface area contributed by atoms with Crippen LogP contribution in [0.3, 0.4) is 0 Å². The second kappa shape index (κ2) is 6.75. The molecule has 1 aliphatic rings. The number of hydrogen-bond donors (Lipinski definition) is 0. The Morgan fingerprint density at radius 3 is 2.85 bits per heavy atom.